The SMILES string of the molecule is CC(=O)N(c1cccc(C)c1)c1nc(CSc2nc(N)nc(N)n2)cs1. The van der Waals surface area contributed by atoms with E-state index in [4.69, 9.17) is 11.5 Å². The summed E-state index contributed by atoms with van der Waals surface area (Å²) in [6.07, 6.45) is 0. The third-order valence-electron chi connectivity index (χ3n) is 3.30. The minimum absolute atomic E-state index is 0.0844. The summed E-state index contributed by atoms with van der Waals surface area (Å²) >= 11 is 2.76. The molecule has 0 atom stereocenters. The molecule has 10 heteroatoms. The Bertz CT molecular complexity index is 924. The molecule has 1 aromatic carbocycles. The van der Waals surface area contributed by atoms with Gasteiger partial charge >= 0.3 is 0 Å². The Morgan fingerprint density at radius 2 is 1.92 bits per heavy atom. The van der Waals surface area contributed by atoms with Gasteiger partial charge in [-0.15, -0.1) is 11.3 Å². The van der Waals surface area contributed by atoms with Crippen molar-refractivity contribution in [2.75, 3.05) is 16.4 Å². The standard InChI is InChI=1S/C16H17N7OS2/c1-9-4-3-5-12(6-9)23(10(2)24)16-19-11(8-26-16)7-25-15-21-13(17)20-14(18)22-15/h3-6,8H,7H2,1-2H3,(H4,17,18,20,21,22). The first-order valence-electron chi connectivity index (χ1n) is 7.64. The lowest BCUT2D eigenvalue weighted by Crippen LogP contribution is -2.22. The fraction of sp³-hybridized carbons (Fsp3) is 0.188. The fourth-order valence-electron chi connectivity index (χ4n) is 2.25. The Morgan fingerprint density at radius 1 is 1.19 bits per heavy atom. The molecule has 4 N–H and O–H groups in total. The van der Waals surface area contributed by atoms with Gasteiger partial charge in [-0.3, -0.25) is 9.69 Å². The number of hydrogen-bond acceptors (Lipinski definition) is 9. The second-order valence-electron chi connectivity index (χ2n) is 5.44. The van der Waals surface area contributed by atoms with Crippen molar-refractivity contribution in [3.05, 3.63) is 40.9 Å². The molecule has 2 aromatic heterocycles. The molecule has 0 fully saturated rings. The summed E-state index contributed by atoms with van der Waals surface area (Å²) in [7, 11) is 0. The van der Waals surface area contributed by atoms with Gasteiger partial charge in [0, 0.05) is 18.1 Å². The number of hydrogen-bond donors (Lipinski definition) is 2. The lowest BCUT2D eigenvalue weighted by Gasteiger charge is -2.18. The van der Waals surface area contributed by atoms with Crippen molar-refractivity contribution in [1.29, 1.82) is 0 Å². The van der Waals surface area contributed by atoms with Gasteiger partial charge in [0.1, 0.15) is 0 Å². The molecular formula is C16H17N7OS2. The molecule has 0 aliphatic rings. The van der Waals surface area contributed by atoms with E-state index in [1.54, 1.807) is 4.90 Å². The number of carbonyl (C=O) groups is 1. The summed E-state index contributed by atoms with van der Waals surface area (Å²) in [5, 5.41) is 2.96. The highest BCUT2D eigenvalue weighted by Crippen LogP contribution is 2.31. The van der Waals surface area contributed by atoms with Gasteiger partial charge in [-0.1, -0.05) is 23.9 Å². The highest BCUT2D eigenvalue weighted by atomic mass is 32.2. The largest absolute Gasteiger partial charge is 0.368 e. The van der Waals surface area contributed by atoms with Crippen LogP contribution in [0.3, 0.4) is 0 Å². The smallest absolute Gasteiger partial charge is 0.230 e. The van der Waals surface area contributed by atoms with Crippen LogP contribution in [-0.2, 0) is 10.5 Å². The first-order valence-corrected chi connectivity index (χ1v) is 9.50. The third-order valence-corrected chi connectivity index (χ3v) is 5.06. The Kier molecular flexibility index (Phi) is 5.33. The van der Waals surface area contributed by atoms with E-state index < -0.39 is 0 Å². The zero-order valence-corrected chi connectivity index (χ0v) is 15.8. The number of amides is 1. The number of aromatic nitrogens is 4. The van der Waals surface area contributed by atoms with Crippen LogP contribution >= 0.6 is 23.1 Å². The van der Waals surface area contributed by atoms with Crippen molar-refractivity contribution in [2.24, 2.45) is 0 Å². The predicted octanol–water partition coefficient (Wildman–Crippen LogP) is 2.78. The normalized spacial score (nSPS) is 10.7. The van der Waals surface area contributed by atoms with Crippen LogP contribution < -0.4 is 16.4 Å². The molecule has 134 valence electrons. The number of nitrogen functional groups attached to an aromatic ring is 2. The summed E-state index contributed by atoms with van der Waals surface area (Å²) in [6, 6.07) is 7.74. The van der Waals surface area contributed by atoms with Crippen molar-refractivity contribution >= 4 is 51.7 Å². The van der Waals surface area contributed by atoms with Crippen molar-refractivity contribution in [2.45, 2.75) is 24.8 Å². The van der Waals surface area contributed by atoms with E-state index >= 15 is 0 Å². The van der Waals surface area contributed by atoms with Crippen molar-refractivity contribution in [3.63, 3.8) is 0 Å². The third kappa shape index (κ3) is 4.27. The van der Waals surface area contributed by atoms with Gasteiger partial charge in [0.25, 0.3) is 0 Å². The average molecular weight is 387 g/mol. The van der Waals surface area contributed by atoms with Gasteiger partial charge < -0.3 is 11.5 Å². The molecule has 26 heavy (non-hydrogen) atoms. The lowest BCUT2D eigenvalue weighted by molar-refractivity contribution is -0.115. The van der Waals surface area contributed by atoms with Crippen LogP contribution in [0.4, 0.5) is 22.7 Å². The fourth-order valence-corrected chi connectivity index (χ4v) is 3.98. The van der Waals surface area contributed by atoms with Crippen molar-refractivity contribution in [1.82, 2.24) is 19.9 Å². The van der Waals surface area contributed by atoms with Crippen molar-refractivity contribution < 1.29 is 4.79 Å². The molecule has 2 heterocycles. The molecule has 0 spiro atoms. The zero-order valence-electron chi connectivity index (χ0n) is 14.2. The topological polar surface area (TPSA) is 124 Å². The Hall–Kier alpha value is -2.72. The highest BCUT2D eigenvalue weighted by molar-refractivity contribution is 7.98. The number of anilines is 4. The van der Waals surface area contributed by atoms with E-state index in [0.29, 0.717) is 16.0 Å². The quantitative estimate of drug-likeness (QED) is 0.640. The van der Waals surface area contributed by atoms with Gasteiger partial charge in [-0.05, 0) is 24.6 Å². The molecule has 1 amide bonds. The van der Waals surface area contributed by atoms with E-state index in [0.717, 1.165) is 16.9 Å². The van der Waals surface area contributed by atoms with Gasteiger partial charge in [-0.25, -0.2) is 4.98 Å². The summed E-state index contributed by atoms with van der Waals surface area (Å²) in [6.45, 7) is 3.51. The van der Waals surface area contributed by atoms with E-state index in [1.165, 1.54) is 30.0 Å². The van der Waals surface area contributed by atoms with Crippen LogP contribution in [0.15, 0.2) is 34.8 Å². The first-order chi connectivity index (χ1) is 12.4. The Morgan fingerprint density at radius 3 is 2.58 bits per heavy atom. The molecule has 8 nitrogen and oxygen atoms in total. The number of thioether (sulfide) groups is 1. The van der Waals surface area contributed by atoms with Crippen LogP contribution in [0, 0.1) is 6.92 Å². The molecule has 0 unspecified atom stereocenters. The summed E-state index contributed by atoms with van der Waals surface area (Å²) < 4.78 is 0. The van der Waals surface area contributed by atoms with E-state index in [1.807, 2.05) is 36.6 Å². The molecule has 3 aromatic rings. The number of carbonyl (C=O) groups excluding carboxylic acids is 1. The molecule has 0 bridgehead atoms. The number of benzene rings is 1. The number of rotatable bonds is 5. The van der Waals surface area contributed by atoms with Gasteiger partial charge in [-0.2, -0.15) is 15.0 Å². The minimum atomic E-state index is -0.0952. The zero-order chi connectivity index (χ0) is 18.7. The lowest BCUT2D eigenvalue weighted by atomic mass is 10.2. The Labute approximate surface area is 158 Å². The van der Waals surface area contributed by atoms with Crippen LogP contribution in [0.2, 0.25) is 0 Å². The maximum Gasteiger partial charge on any atom is 0.230 e. The number of thiazole rings is 1. The monoisotopic (exact) mass is 387 g/mol. The van der Waals surface area contributed by atoms with Gasteiger partial charge in [0.05, 0.1) is 11.4 Å². The first kappa shape index (κ1) is 18.1. The van der Waals surface area contributed by atoms with Crippen LogP contribution in [-0.4, -0.2) is 25.8 Å². The summed E-state index contributed by atoms with van der Waals surface area (Å²) in [4.78, 5) is 30.1. The Balaban J connectivity index is 1.78. The molecule has 0 radical (unpaired) electrons. The second kappa shape index (κ2) is 7.67. The number of nitrogens with zero attached hydrogens (tertiary/aromatic N) is 5. The summed E-state index contributed by atoms with van der Waals surface area (Å²) in [5.41, 5.74) is 13.8. The molecular weight excluding hydrogens is 370 g/mol. The van der Waals surface area contributed by atoms with E-state index in [-0.39, 0.29) is 17.8 Å². The molecule has 0 aliphatic carbocycles. The predicted molar refractivity (Wildman–Crippen MR) is 104 cm³/mol. The maximum atomic E-state index is 12.2. The molecule has 0 saturated carbocycles. The highest BCUT2D eigenvalue weighted by Gasteiger charge is 2.18. The van der Waals surface area contributed by atoms with Crippen LogP contribution in [0.5, 0.6) is 0 Å². The summed E-state index contributed by atoms with van der Waals surface area (Å²) in [5.74, 6) is 0.600. The molecule has 3 rings (SSSR count). The van der Waals surface area contributed by atoms with E-state index in [9.17, 15) is 4.79 Å². The minimum Gasteiger partial charge on any atom is -0.368 e. The molecule has 0 aliphatic heterocycles. The van der Waals surface area contributed by atoms with Crippen LogP contribution in [0.25, 0.3) is 0 Å². The number of nitrogens with two attached hydrogens (primary N) is 2. The van der Waals surface area contributed by atoms with Crippen LogP contribution in [0.1, 0.15) is 18.2 Å². The van der Waals surface area contributed by atoms with Gasteiger partial charge in [0.2, 0.25) is 17.8 Å². The maximum absolute atomic E-state index is 12.2. The van der Waals surface area contributed by atoms with Gasteiger partial charge in [0.15, 0.2) is 10.3 Å². The second-order valence-corrected chi connectivity index (χ2v) is 7.22. The van der Waals surface area contributed by atoms with Crippen molar-refractivity contribution in [3.8, 4) is 0 Å². The average Bonchev–Trinajstić information content (AvgIpc) is 3.00. The van der Waals surface area contributed by atoms with E-state index in [2.05, 4.69) is 19.9 Å². The molecule has 0 saturated heterocycles. The number of aryl methyl sites for hydroxylation is 1.